The van der Waals surface area contributed by atoms with Crippen LogP contribution in [-0.2, 0) is 4.79 Å². The average molecular weight is 392 g/mol. The first kappa shape index (κ1) is 18.3. The van der Waals surface area contributed by atoms with E-state index in [4.69, 9.17) is 0 Å². The van der Waals surface area contributed by atoms with Crippen molar-refractivity contribution in [2.75, 3.05) is 5.32 Å². The fourth-order valence-electron chi connectivity index (χ4n) is 3.49. The number of anilines is 1. The first-order chi connectivity index (χ1) is 13.4. The molecule has 0 spiro atoms. The van der Waals surface area contributed by atoms with Crippen LogP contribution < -0.4 is 10.9 Å². The maximum atomic E-state index is 13.0. The zero-order valence-corrected chi connectivity index (χ0v) is 16.9. The summed E-state index contributed by atoms with van der Waals surface area (Å²) in [6, 6.07) is 7.08. The number of aryl methyl sites for hydroxylation is 3. The molecule has 1 atom stereocenters. The summed E-state index contributed by atoms with van der Waals surface area (Å²) in [5.41, 5.74) is 4.32. The van der Waals surface area contributed by atoms with E-state index >= 15 is 0 Å². The van der Waals surface area contributed by atoms with E-state index in [0.29, 0.717) is 10.2 Å². The number of aromatic nitrogens is 3. The van der Waals surface area contributed by atoms with Crippen LogP contribution in [0.5, 0.6) is 0 Å². The number of pyridine rings is 1. The fraction of sp³-hybridized carbons (Fsp3) is 0.238. The van der Waals surface area contributed by atoms with Crippen molar-refractivity contribution in [3.8, 4) is 0 Å². The molecular weight excluding hydrogens is 372 g/mol. The zero-order valence-electron chi connectivity index (χ0n) is 16.1. The van der Waals surface area contributed by atoms with Gasteiger partial charge in [0.25, 0.3) is 5.56 Å². The molecule has 0 aliphatic carbocycles. The molecule has 142 valence electrons. The summed E-state index contributed by atoms with van der Waals surface area (Å²) in [6.45, 7) is 7.65. The highest BCUT2D eigenvalue weighted by Crippen LogP contribution is 2.28. The van der Waals surface area contributed by atoms with Gasteiger partial charge in [0.1, 0.15) is 15.6 Å². The van der Waals surface area contributed by atoms with Crippen LogP contribution in [0.2, 0.25) is 0 Å². The number of amides is 1. The second-order valence-electron chi connectivity index (χ2n) is 7.03. The van der Waals surface area contributed by atoms with Gasteiger partial charge in [0.05, 0.1) is 11.8 Å². The van der Waals surface area contributed by atoms with Crippen molar-refractivity contribution in [2.45, 2.75) is 33.7 Å². The highest BCUT2D eigenvalue weighted by atomic mass is 32.1. The minimum absolute atomic E-state index is 0.229. The fourth-order valence-corrected chi connectivity index (χ4v) is 4.52. The first-order valence-electron chi connectivity index (χ1n) is 9.00. The maximum absolute atomic E-state index is 13.0. The minimum atomic E-state index is -0.692. The smallest absolute Gasteiger partial charge is 0.272 e. The Balaban J connectivity index is 1.71. The Morgan fingerprint density at radius 1 is 1.18 bits per heavy atom. The number of carbonyl (C=O) groups is 1. The molecule has 28 heavy (non-hydrogen) atoms. The molecule has 7 heteroatoms. The predicted molar refractivity (Wildman–Crippen MR) is 113 cm³/mol. The van der Waals surface area contributed by atoms with Gasteiger partial charge in [0.2, 0.25) is 5.91 Å². The topological polar surface area (TPSA) is 76.9 Å². The van der Waals surface area contributed by atoms with Crippen molar-refractivity contribution in [3.63, 3.8) is 0 Å². The van der Waals surface area contributed by atoms with Crippen LogP contribution >= 0.6 is 11.3 Å². The summed E-state index contributed by atoms with van der Waals surface area (Å²) in [4.78, 5) is 35.4. The number of nitrogens with one attached hydrogen (secondary N) is 1. The average Bonchev–Trinajstić information content (AvgIpc) is 3.04. The van der Waals surface area contributed by atoms with Gasteiger partial charge in [-0.25, -0.2) is 9.97 Å². The van der Waals surface area contributed by atoms with Gasteiger partial charge in [-0.15, -0.1) is 11.3 Å². The van der Waals surface area contributed by atoms with Crippen LogP contribution in [0.3, 0.4) is 0 Å². The molecule has 0 fully saturated rings. The highest BCUT2D eigenvalue weighted by Gasteiger charge is 2.21. The third-order valence-electron chi connectivity index (χ3n) is 4.90. The monoisotopic (exact) mass is 392 g/mol. The molecule has 0 unspecified atom stereocenters. The predicted octanol–water partition coefficient (Wildman–Crippen LogP) is 4.13. The Morgan fingerprint density at radius 3 is 2.61 bits per heavy atom. The van der Waals surface area contributed by atoms with Crippen molar-refractivity contribution in [1.82, 2.24) is 14.5 Å². The number of nitrogens with zero attached hydrogens (tertiary/aromatic N) is 3. The quantitative estimate of drug-likeness (QED) is 0.569. The standard InChI is InChI=1S/C21H20N4O2S/c1-11-8-12(2)16(13(3)9-11)24-19(26)14(4)25-10-23-17-15-6-5-7-22-20(15)28-18(17)21(25)27/h5-10,14H,1-4H3,(H,24,26)/t14-/m0/s1. The van der Waals surface area contributed by atoms with Gasteiger partial charge < -0.3 is 5.32 Å². The molecule has 4 rings (SSSR count). The number of carbonyl (C=O) groups excluding carboxylic acids is 1. The zero-order chi connectivity index (χ0) is 20.0. The normalized spacial score (nSPS) is 12.4. The number of hydrogen-bond donors (Lipinski definition) is 1. The molecule has 0 saturated heterocycles. The minimum Gasteiger partial charge on any atom is -0.324 e. The second kappa shape index (κ2) is 6.83. The van der Waals surface area contributed by atoms with Gasteiger partial charge in [-0.1, -0.05) is 17.7 Å². The van der Waals surface area contributed by atoms with Crippen molar-refractivity contribution in [1.29, 1.82) is 0 Å². The van der Waals surface area contributed by atoms with E-state index in [1.165, 1.54) is 22.2 Å². The Labute approximate surface area is 165 Å². The van der Waals surface area contributed by atoms with Crippen molar-refractivity contribution >= 4 is 43.4 Å². The first-order valence-corrected chi connectivity index (χ1v) is 9.81. The lowest BCUT2D eigenvalue weighted by Crippen LogP contribution is -2.31. The summed E-state index contributed by atoms with van der Waals surface area (Å²) < 4.78 is 1.89. The van der Waals surface area contributed by atoms with E-state index in [9.17, 15) is 9.59 Å². The SMILES string of the molecule is Cc1cc(C)c(NC(=O)[C@H](C)n2cnc3c(sc4ncccc43)c2=O)c(C)c1. The Hall–Kier alpha value is -3.06. The molecule has 3 aromatic heterocycles. The third kappa shape index (κ3) is 2.97. The van der Waals surface area contributed by atoms with E-state index in [2.05, 4.69) is 15.3 Å². The summed E-state index contributed by atoms with van der Waals surface area (Å²) in [5, 5.41) is 3.83. The second-order valence-corrected chi connectivity index (χ2v) is 8.03. The van der Waals surface area contributed by atoms with Gasteiger partial charge in [-0.2, -0.15) is 0 Å². The Bertz CT molecular complexity index is 1270. The third-order valence-corrected chi connectivity index (χ3v) is 5.99. The van der Waals surface area contributed by atoms with Crippen LogP contribution in [0.15, 0.2) is 41.6 Å². The largest absolute Gasteiger partial charge is 0.324 e. The van der Waals surface area contributed by atoms with E-state index in [1.807, 2.05) is 45.0 Å². The lowest BCUT2D eigenvalue weighted by atomic mass is 10.0. The molecule has 1 N–H and O–H groups in total. The number of fused-ring (bicyclic) bond motifs is 3. The summed E-state index contributed by atoms with van der Waals surface area (Å²) in [7, 11) is 0. The Morgan fingerprint density at radius 2 is 1.89 bits per heavy atom. The van der Waals surface area contributed by atoms with E-state index in [0.717, 1.165) is 32.6 Å². The number of hydrogen-bond acceptors (Lipinski definition) is 5. The molecule has 0 aliphatic heterocycles. The molecule has 1 aromatic carbocycles. The van der Waals surface area contributed by atoms with Crippen LogP contribution in [0.25, 0.3) is 20.4 Å². The highest BCUT2D eigenvalue weighted by molar-refractivity contribution is 7.25. The lowest BCUT2D eigenvalue weighted by Gasteiger charge is -2.17. The van der Waals surface area contributed by atoms with Gasteiger partial charge in [0, 0.05) is 17.3 Å². The Kier molecular flexibility index (Phi) is 4.47. The molecular formula is C21H20N4O2S. The van der Waals surface area contributed by atoms with Crippen molar-refractivity contribution in [3.05, 3.63) is 63.8 Å². The summed E-state index contributed by atoms with van der Waals surface area (Å²) in [6.07, 6.45) is 3.14. The summed E-state index contributed by atoms with van der Waals surface area (Å²) >= 11 is 1.30. The van der Waals surface area contributed by atoms with E-state index in [-0.39, 0.29) is 11.5 Å². The molecule has 0 bridgehead atoms. The van der Waals surface area contributed by atoms with E-state index in [1.54, 1.807) is 13.1 Å². The van der Waals surface area contributed by atoms with Crippen LogP contribution in [-0.4, -0.2) is 20.4 Å². The van der Waals surface area contributed by atoms with E-state index < -0.39 is 6.04 Å². The van der Waals surface area contributed by atoms with Crippen LogP contribution in [0, 0.1) is 20.8 Å². The van der Waals surface area contributed by atoms with Gasteiger partial charge >= 0.3 is 0 Å². The molecule has 3 heterocycles. The van der Waals surface area contributed by atoms with Crippen LogP contribution in [0.4, 0.5) is 5.69 Å². The van der Waals surface area contributed by atoms with Crippen molar-refractivity contribution in [2.24, 2.45) is 0 Å². The molecule has 0 saturated carbocycles. The number of benzene rings is 1. The molecule has 1 amide bonds. The van der Waals surface area contributed by atoms with Gasteiger partial charge in [0.15, 0.2) is 0 Å². The number of rotatable bonds is 3. The molecule has 0 radical (unpaired) electrons. The molecule has 4 aromatic rings. The molecule has 6 nitrogen and oxygen atoms in total. The molecule has 0 aliphatic rings. The van der Waals surface area contributed by atoms with Crippen LogP contribution in [0.1, 0.15) is 29.7 Å². The summed E-state index contributed by atoms with van der Waals surface area (Å²) in [5.74, 6) is -0.252. The van der Waals surface area contributed by atoms with Gasteiger partial charge in [-0.3, -0.25) is 14.2 Å². The maximum Gasteiger partial charge on any atom is 0.272 e. The van der Waals surface area contributed by atoms with Gasteiger partial charge in [-0.05, 0) is 51.0 Å². The van der Waals surface area contributed by atoms with Crippen molar-refractivity contribution < 1.29 is 4.79 Å². The lowest BCUT2D eigenvalue weighted by molar-refractivity contribution is -0.118. The number of thiophene rings is 1.